The number of amides is 2. The van der Waals surface area contributed by atoms with Crippen molar-refractivity contribution in [2.24, 2.45) is 5.73 Å². The molecule has 0 saturated carbocycles. The molecule has 9 heteroatoms. The van der Waals surface area contributed by atoms with Gasteiger partial charge in [-0.15, -0.1) is 0 Å². The minimum absolute atomic E-state index is 0.0413. The van der Waals surface area contributed by atoms with Gasteiger partial charge in [0.25, 0.3) is 0 Å². The number of cyclic esters (lactones) is 1. The number of fused-ring (bicyclic) bond motifs is 2. The first kappa shape index (κ1) is 22.4. The summed E-state index contributed by atoms with van der Waals surface area (Å²) in [5.74, 6) is -0.472. The number of hydrogen-bond donors (Lipinski definition) is 1. The largest absolute Gasteiger partial charge is 0.444 e. The smallest absolute Gasteiger partial charge is 0.414 e. The molecule has 0 aliphatic carbocycles. The molecule has 176 valence electrons. The average molecular weight is 480 g/mol. The van der Waals surface area contributed by atoms with Crippen LogP contribution in [0.3, 0.4) is 0 Å². The molecule has 2 heterocycles. The van der Waals surface area contributed by atoms with Crippen LogP contribution in [0.5, 0.6) is 0 Å². The fourth-order valence-electron chi connectivity index (χ4n) is 4.91. The molecule has 2 amide bonds. The van der Waals surface area contributed by atoms with Gasteiger partial charge in [0.1, 0.15) is 6.61 Å². The molecule has 2 aliphatic rings. The predicted molar refractivity (Wildman–Crippen MR) is 128 cm³/mol. The number of benzene rings is 3. The maximum atomic E-state index is 13.6. The maximum Gasteiger partial charge on any atom is 0.414 e. The summed E-state index contributed by atoms with van der Waals surface area (Å²) in [6.07, 6.45) is 0.649. The predicted octanol–water partition coefficient (Wildman–Crippen LogP) is 3.18. The van der Waals surface area contributed by atoms with Gasteiger partial charge in [0, 0.05) is 30.1 Å². The van der Waals surface area contributed by atoms with Crippen LogP contribution in [0.25, 0.3) is 10.8 Å². The Labute approximate surface area is 197 Å². The normalized spacial score (nSPS) is 17.4. The minimum Gasteiger partial charge on any atom is -0.444 e. The highest BCUT2D eigenvalue weighted by Crippen LogP contribution is 2.34. The molecule has 8 nitrogen and oxygen atoms in total. The van der Waals surface area contributed by atoms with Gasteiger partial charge >= 0.3 is 6.09 Å². The van der Waals surface area contributed by atoms with E-state index in [0.29, 0.717) is 29.2 Å². The Hall–Kier alpha value is -3.43. The van der Waals surface area contributed by atoms with Crippen LogP contribution in [-0.4, -0.2) is 43.9 Å². The van der Waals surface area contributed by atoms with Crippen molar-refractivity contribution < 1.29 is 22.7 Å². The summed E-state index contributed by atoms with van der Waals surface area (Å²) in [6.45, 7) is 0.824. The fourth-order valence-corrected chi connectivity index (χ4v) is 6.59. The van der Waals surface area contributed by atoms with E-state index in [-0.39, 0.29) is 37.1 Å². The molecule has 0 radical (unpaired) electrons. The number of primary amides is 1. The quantitative estimate of drug-likeness (QED) is 0.604. The number of nitrogens with zero attached hydrogens (tertiary/aromatic N) is 2. The third-order valence-electron chi connectivity index (χ3n) is 6.54. The van der Waals surface area contributed by atoms with Gasteiger partial charge in [-0.05, 0) is 35.9 Å². The number of nitrogens with two attached hydrogens (primary N) is 1. The summed E-state index contributed by atoms with van der Waals surface area (Å²) < 4.78 is 34.0. The van der Waals surface area contributed by atoms with E-state index in [1.165, 1.54) is 4.31 Å². The topological polar surface area (TPSA) is 110 Å². The van der Waals surface area contributed by atoms with Crippen LogP contribution < -0.4 is 10.6 Å². The first-order chi connectivity index (χ1) is 16.4. The summed E-state index contributed by atoms with van der Waals surface area (Å²) >= 11 is 0. The third kappa shape index (κ3) is 3.91. The lowest BCUT2D eigenvalue weighted by Crippen LogP contribution is -2.50. The van der Waals surface area contributed by atoms with E-state index in [1.807, 2.05) is 24.3 Å². The second kappa shape index (κ2) is 8.73. The monoisotopic (exact) mass is 479 g/mol. The highest BCUT2D eigenvalue weighted by atomic mass is 32.2. The molecule has 0 aromatic heterocycles. The number of sulfonamides is 1. The lowest BCUT2D eigenvalue weighted by molar-refractivity contribution is -0.117. The van der Waals surface area contributed by atoms with Gasteiger partial charge in [0.2, 0.25) is 15.9 Å². The van der Waals surface area contributed by atoms with Crippen molar-refractivity contribution in [3.63, 3.8) is 0 Å². The molecule has 34 heavy (non-hydrogen) atoms. The van der Waals surface area contributed by atoms with Crippen LogP contribution in [0.4, 0.5) is 10.5 Å². The summed E-state index contributed by atoms with van der Waals surface area (Å²) in [6, 6.07) is 17.8. The lowest BCUT2D eigenvalue weighted by atomic mass is 10.0. The second-order valence-corrected chi connectivity index (χ2v) is 10.5. The van der Waals surface area contributed by atoms with Crippen molar-refractivity contribution in [3.05, 3.63) is 71.8 Å². The number of hydrogen-bond acceptors (Lipinski definition) is 5. The van der Waals surface area contributed by atoms with E-state index in [4.69, 9.17) is 10.5 Å². The van der Waals surface area contributed by atoms with Gasteiger partial charge in [0.05, 0.1) is 17.0 Å². The zero-order valence-electron chi connectivity index (χ0n) is 18.5. The molecule has 1 saturated heterocycles. The number of carbonyl (C=O) groups is 2. The highest BCUT2D eigenvalue weighted by molar-refractivity contribution is 7.89. The fraction of sp³-hybridized carbons (Fsp3) is 0.280. The van der Waals surface area contributed by atoms with Gasteiger partial charge in [-0.3, -0.25) is 9.69 Å². The SMILES string of the molecule is NC(=O)Cc1cccc2c(S(=O)(=O)N3CCC(N4C(=O)OCc5ccccc54)CC3)cccc12. The van der Waals surface area contributed by atoms with Crippen molar-refractivity contribution in [2.45, 2.75) is 36.8 Å². The number of rotatable bonds is 5. The van der Waals surface area contributed by atoms with Gasteiger partial charge in [-0.2, -0.15) is 4.31 Å². The van der Waals surface area contributed by atoms with Gasteiger partial charge in [-0.25, -0.2) is 13.2 Å². The van der Waals surface area contributed by atoms with Crippen molar-refractivity contribution in [1.82, 2.24) is 4.31 Å². The van der Waals surface area contributed by atoms with E-state index >= 15 is 0 Å². The second-order valence-electron chi connectivity index (χ2n) is 8.60. The van der Waals surface area contributed by atoms with Crippen LogP contribution in [-0.2, 0) is 32.6 Å². The number of para-hydroxylation sites is 1. The Morgan fingerprint density at radius 2 is 1.68 bits per heavy atom. The van der Waals surface area contributed by atoms with Gasteiger partial charge in [-0.1, -0.05) is 48.5 Å². The van der Waals surface area contributed by atoms with Crippen LogP contribution >= 0.6 is 0 Å². The molecule has 3 aromatic carbocycles. The molecular weight excluding hydrogens is 454 g/mol. The van der Waals surface area contributed by atoms with Crippen molar-refractivity contribution >= 4 is 38.5 Å². The van der Waals surface area contributed by atoms with E-state index in [0.717, 1.165) is 11.3 Å². The molecule has 0 bridgehead atoms. The Bertz CT molecular complexity index is 1380. The Morgan fingerprint density at radius 3 is 2.44 bits per heavy atom. The Morgan fingerprint density at radius 1 is 0.971 bits per heavy atom. The zero-order valence-corrected chi connectivity index (χ0v) is 19.3. The van der Waals surface area contributed by atoms with E-state index in [1.54, 1.807) is 41.3 Å². The summed E-state index contributed by atoms with van der Waals surface area (Å²) in [5.41, 5.74) is 7.84. The Balaban J connectivity index is 1.40. The van der Waals surface area contributed by atoms with Gasteiger partial charge in [0.15, 0.2) is 0 Å². The summed E-state index contributed by atoms with van der Waals surface area (Å²) in [5, 5.41) is 1.27. The van der Waals surface area contributed by atoms with Crippen LogP contribution in [0.2, 0.25) is 0 Å². The van der Waals surface area contributed by atoms with Crippen LogP contribution in [0, 0.1) is 0 Å². The molecule has 0 unspecified atom stereocenters. The first-order valence-electron chi connectivity index (χ1n) is 11.2. The molecular formula is C25H25N3O5S. The number of ether oxygens (including phenoxy) is 1. The molecule has 3 aromatic rings. The van der Waals surface area contributed by atoms with Gasteiger partial charge < -0.3 is 10.5 Å². The Kier molecular flexibility index (Phi) is 5.75. The number of carbonyl (C=O) groups excluding carboxylic acids is 2. The molecule has 5 rings (SSSR count). The molecule has 1 fully saturated rings. The van der Waals surface area contributed by atoms with E-state index < -0.39 is 22.0 Å². The van der Waals surface area contributed by atoms with Crippen molar-refractivity contribution in [3.8, 4) is 0 Å². The molecule has 2 aliphatic heterocycles. The van der Waals surface area contributed by atoms with Crippen LogP contribution in [0.1, 0.15) is 24.0 Å². The van der Waals surface area contributed by atoms with Crippen LogP contribution in [0.15, 0.2) is 65.6 Å². The minimum atomic E-state index is -3.78. The van der Waals surface area contributed by atoms with Crippen molar-refractivity contribution in [1.29, 1.82) is 0 Å². The maximum absolute atomic E-state index is 13.6. The van der Waals surface area contributed by atoms with Crippen molar-refractivity contribution in [2.75, 3.05) is 18.0 Å². The first-order valence-corrected chi connectivity index (χ1v) is 12.6. The zero-order chi connectivity index (χ0) is 23.9. The summed E-state index contributed by atoms with van der Waals surface area (Å²) in [7, 11) is -3.78. The number of piperidine rings is 1. The third-order valence-corrected chi connectivity index (χ3v) is 8.50. The van der Waals surface area contributed by atoms with E-state index in [2.05, 4.69) is 0 Å². The highest BCUT2D eigenvalue weighted by Gasteiger charge is 2.37. The summed E-state index contributed by atoms with van der Waals surface area (Å²) in [4.78, 5) is 25.9. The molecule has 2 N–H and O–H groups in total. The lowest BCUT2D eigenvalue weighted by Gasteiger charge is -2.39. The molecule has 0 atom stereocenters. The standard InChI is InChI=1S/C25H25N3O5S/c26-24(29)15-17-6-3-8-21-20(17)7-4-10-23(21)34(31,32)27-13-11-19(12-14-27)28-22-9-2-1-5-18(22)16-33-25(28)30/h1-10,19H,11-16H2,(H2,26,29). The number of anilines is 1. The molecule has 0 spiro atoms. The van der Waals surface area contributed by atoms with E-state index in [9.17, 15) is 18.0 Å². The average Bonchev–Trinajstić information content (AvgIpc) is 2.83.